The molecule has 1 saturated heterocycles. The van der Waals surface area contributed by atoms with Gasteiger partial charge < -0.3 is 5.32 Å². The molecule has 1 unspecified atom stereocenters. The van der Waals surface area contributed by atoms with Crippen LogP contribution in [0.15, 0.2) is 29.3 Å². The third-order valence-electron chi connectivity index (χ3n) is 4.13. The summed E-state index contributed by atoms with van der Waals surface area (Å²) in [4.78, 5) is 4.74. The van der Waals surface area contributed by atoms with Crippen molar-refractivity contribution in [3.05, 3.63) is 35.4 Å². The summed E-state index contributed by atoms with van der Waals surface area (Å²) >= 11 is 1.85. The van der Waals surface area contributed by atoms with Gasteiger partial charge in [-0.25, -0.2) is 0 Å². The molecule has 0 radical (unpaired) electrons. The van der Waals surface area contributed by atoms with Crippen molar-refractivity contribution in [1.29, 1.82) is 0 Å². The third kappa shape index (κ3) is 4.02. The maximum absolute atomic E-state index is 4.74. The standard InChI is InChI=1S/C17H26N2S/c1-5-17(4)10-11-20-16(19-17)18-12-14-6-8-15(9-7-14)13(2)3/h6-9,13H,5,10-12H2,1-4H3,(H,18,19). The second-order valence-electron chi connectivity index (χ2n) is 6.16. The van der Waals surface area contributed by atoms with Crippen molar-refractivity contribution in [2.24, 2.45) is 4.99 Å². The summed E-state index contributed by atoms with van der Waals surface area (Å²) in [6.45, 7) is 9.76. The van der Waals surface area contributed by atoms with Crippen molar-refractivity contribution >= 4 is 16.9 Å². The number of aliphatic imine (C=N–C) groups is 1. The van der Waals surface area contributed by atoms with Crippen LogP contribution in [0.1, 0.15) is 57.6 Å². The van der Waals surface area contributed by atoms with Gasteiger partial charge in [0.05, 0.1) is 6.54 Å². The zero-order valence-electron chi connectivity index (χ0n) is 13.1. The van der Waals surface area contributed by atoms with Crippen LogP contribution in [0.2, 0.25) is 0 Å². The van der Waals surface area contributed by atoms with Crippen molar-refractivity contribution < 1.29 is 0 Å². The highest BCUT2D eigenvalue weighted by Crippen LogP contribution is 2.25. The summed E-state index contributed by atoms with van der Waals surface area (Å²) in [6, 6.07) is 8.84. The molecule has 1 N–H and O–H groups in total. The second kappa shape index (κ2) is 6.66. The van der Waals surface area contributed by atoms with Crippen LogP contribution in [-0.2, 0) is 6.54 Å². The Balaban J connectivity index is 1.98. The summed E-state index contributed by atoms with van der Waals surface area (Å²) < 4.78 is 0. The van der Waals surface area contributed by atoms with E-state index in [2.05, 4.69) is 57.3 Å². The Kier molecular flexibility index (Phi) is 5.14. The molecule has 0 spiro atoms. The summed E-state index contributed by atoms with van der Waals surface area (Å²) in [5, 5.41) is 4.70. The van der Waals surface area contributed by atoms with Gasteiger partial charge in [0.1, 0.15) is 0 Å². The molecule has 2 rings (SSSR count). The normalized spacial score (nSPS) is 24.9. The van der Waals surface area contributed by atoms with E-state index in [9.17, 15) is 0 Å². The fourth-order valence-corrected chi connectivity index (χ4v) is 3.47. The van der Waals surface area contributed by atoms with Crippen LogP contribution in [0.25, 0.3) is 0 Å². The molecular formula is C17H26N2S. The molecule has 1 fully saturated rings. The van der Waals surface area contributed by atoms with E-state index in [4.69, 9.17) is 4.99 Å². The van der Waals surface area contributed by atoms with E-state index in [0.29, 0.717) is 5.92 Å². The first-order chi connectivity index (χ1) is 9.52. The Morgan fingerprint density at radius 2 is 2.00 bits per heavy atom. The fraction of sp³-hybridized carbons (Fsp3) is 0.588. The zero-order chi connectivity index (χ0) is 14.6. The zero-order valence-corrected chi connectivity index (χ0v) is 13.9. The number of benzene rings is 1. The molecule has 0 aliphatic carbocycles. The number of hydrogen-bond acceptors (Lipinski definition) is 2. The van der Waals surface area contributed by atoms with E-state index >= 15 is 0 Å². The monoisotopic (exact) mass is 290 g/mol. The lowest BCUT2D eigenvalue weighted by atomic mass is 9.96. The summed E-state index contributed by atoms with van der Waals surface area (Å²) in [7, 11) is 0. The molecular weight excluding hydrogens is 264 g/mol. The van der Waals surface area contributed by atoms with Gasteiger partial charge in [0.15, 0.2) is 5.17 Å². The molecule has 1 heterocycles. The Morgan fingerprint density at radius 1 is 1.30 bits per heavy atom. The minimum atomic E-state index is 0.228. The highest BCUT2D eigenvalue weighted by atomic mass is 32.2. The fourth-order valence-electron chi connectivity index (χ4n) is 2.25. The number of nitrogens with one attached hydrogen (secondary N) is 1. The molecule has 3 heteroatoms. The van der Waals surface area contributed by atoms with E-state index in [1.165, 1.54) is 23.3 Å². The van der Waals surface area contributed by atoms with E-state index < -0.39 is 0 Å². The van der Waals surface area contributed by atoms with Gasteiger partial charge in [-0.2, -0.15) is 0 Å². The number of thioether (sulfide) groups is 1. The van der Waals surface area contributed by atoms with Crippen LogP contribution in [0, 0.1) is 0 Å². The minimum absolute atomic E-state index is 0.228. The topological polar surface area (TPSA) is 24.4 Å². The molecule has 0 saturated carbocycles. The second-order valence-corrected chi connectivity index (χ2v) is 7.24. The lowest BCUT2D eigenvalue weighted by molar-refractivity contribution is 0.390. The van der Waals surface area contributed by atoms with Crippen LogP contribution in [0.4, 0.5) is 0 Å². The summed E-state index contributed by atoms with van der Waals surface area (Å²) in [5.74, 6) is 1.76. The first-order valence-electron chi connectivity index (χ1n) is 7.57. The maximum atomic E-state index is 4.74. The molecule has 110 valence electrons. The van der Waals surface area contributed by atoms with Gasteiger partial charge in [-0.05, 0) is 36.8 Å². The van der Waals surface area contributed by atoms with Gasteiger partial charge in [0.25, 0.3) is 0 Å². The molecule has 0 aromatic heterocycles. The predicted molar refractivity (Wildman–Crippen MR) is 90.6 cm³/mol. The lowest BCUT2D eigenvalue weighted by Gasteiger charge is -2.35. The average Bonchev–Trinajstić information content (AvgIpc) is 2.46. The van der Waals surface area contributed by atoms with Crippen LogP contribution in [0.5, 0.6) is 0 Å². The minimum Gasteiger partial charge on any atom is -0.360 e. The van der Waals surface area contributed by atoms with Crippen LogP contribution >= 0.6 is 11.8 Å². The van der Waals surface area contributed by atoms with E-state index in [-0.39, 0.29) is 5.54 Å². The Hall–Kier alpha value is -0.960. The van der Waals surface area contributed by atoms with Crippen molar-refractivity contribution in [3.63, 3.8) is 0 Å². The van der Waals surface area contributed by atoms with Crippen molar-refractivity contribution in [1.82, 2.24) is 5.32 Å². The predicted octanol–water partition coefficient (Wildman–Crippen LogP) is 4.56. The number of rotatable bonds is 4. The Morgan fingerprint density at radius 3 is 2.60 bits per heavy atom. The summed E-state index contributed by atoms with van der Waals surface area (Å²) in [6.07, 6.45) is 2.37. The lowest BCUT2D eigenvalue weighted by Crippen LogP contribution is -2.48. The molecule has 1 aliphatic rings. The van der Waals surface area contributed by atoms with Gasteiger partial charge in [0, 0.05) is 11.3 Å². The highest BCUT2D eigenvalue weighted by Gasteiger charge is 2.27. The molecule has 1 atom stereocenters. The number of nitrogens with zero attached hydrogens (tertiary/aromatic N) is 1. The third-order valence-corrected chi connectivity index (χ3v) is 5.05. The Bertz CT molecular complexity index is 464. The van der Waals surface area contributed by atoms with Gasteiger partial charge in [-0.15, -0.1) is 0 Å². The molecule has 0 bridgehead atoms. The average molecular weight is 290 g/mol. The van der Waals surface area contributed by atoms with Gasteiger partial charge >= 0.3 is 0 Å². The number of hydrogen-bond donors (Lipinski definition) is 1. The molecule has 1 aromatic rings. The van der Waals surface area contributed by atoms with Crippen LogP contribution < -0.4 is 5.32 Å². The molecule has 0 amide bonds. The van der Waals surface area contributed by atoms with Crippen molar-refractivity contribution in [2.45, 2.75) is 58.5 Å². The molecule has 2 nitrogen and oxygen atoms in total. The quantitative estimate of drug-likeness (QED) is 0.879. The van der Waals surface area contributed by atoms with Crippen LogP contribution in [-0.4, -0.2) is 16.5 Å². The maximum Gasteiger partial charge on any atom is 0.157 e. The van der Waals surface area contributed by atoms with E-state index in [1.807, 2.05) is 11.8 Å². The molecule has 20 heavy (non-hydrogen) atoms. The SMILES string of the molecule is CCC1(C)CCSC(=NCc2ccc(C(C)C)cc2)N1. The number of amidine groups is 1. The largest absolute Gasteiger partial charge is 0.360 e. The molecule has 1 aliphatic heterocycles. The summed E-state index contributed by atoms with van der Waals surface area (Å²) in [5.41, 5.74) is 2.91. The first-order valence-corrected chi connectivity index (χ1v) is 8.55. The smallest absolute Gasteiger partial charge is 0.157 e. The van der Waals surface area contributed by atoms with Crippen molar-refractivity contribution in [3.8, 4) is 0 Å². The van der Waals surface area contributed by atoms with Gasteiger partial charge in [0.2, 0.25) is 0 Å². The van der Waals surface area contributed by atoms with Crippen LogP contribution in [0.3, 0.4) is 0 Å². The van der Waals surface area contributed by atoms with Crippen molar-refractivity contribution in [2.75, 3.05) is 5.75 Å². The van der Waals surface area contributed by atoms with Gasteiger partial charge in [-0.1, -0.05) is 56.8 Å². The highest BCUT2D eigenvalue weighted by molar-refractivity contribution is 8.13. The Labute approximate surface area is 127 Å². The van der Waals surface area contributed by atoms with E-state index in [0.717, 1.165) is 18.1 Å². The molecule has 1 aromatic carbocycles. The van der Waals surface area contributed by atoms with E-state index in [1.54, 1.807) is 0 Å². The van der Waals surface area contributed by atoms with Gasteiger partial charge in [-0.3, -0.25) is 4.99 Å². The first kappa shape index (κ1) is 15.4.